The maximum atomic E-state index is 11.8. The molecular formula is C17H18N2O3. The molecule has 0 aliphatic heterocycles. The molecule has 0 saturated carbocycles. The lowest BCUT2D eigenvalue weighted by Crippen LogP contribution is -2.17. The first-order chi connectivity index (χ1) is 10.7. The lowest BCUT2D eigenvalue weighted by atomic mass is 10.2. The van der Waals surface area contributed by atoms with Crippen molar-refractivity contribution in [3.8, 4) is 11.5 Å². The van der Waals surface area contributed by atoms with Gasteiger partial charge in [-0.2, -0.15) is 5.10 Å². The average Bonchev–Trinajstić information content (AvgIpc) is 2.54. The number of carbonyl (C=O) groups excluding carboxylic acids is 1. The molecule has 2 N–H and O–H groups in total. The van der Waals surface area contributed by atoms with Crippen molar-refractivity contribution in [1.82, 2.24) is 5.43 Å². The number of phenols is 1. The first kappa shape index (κ1) is 15.6. The highest BCUT2D eigenvalue weighted by atomic mass is 16.5. The third-order valence-corrected chi connectivity index (χ3v) is 2.84. The second kappa shape index (κ2) is 7.83. The van der Waals surface area contributed by atoms with Crippen LogP contribution in [0.1, 0.15) is 29.3 Å². The summed E-state index contributed by atoms with van der Waals surface area (Å²) >= 11 is 0. The van der Waals surface area contributed by atoms with Crippen LogP contribution in [0.25, 0.3) is 0 Å². The number of nitrogens with zero attached hydrogens (tertiary/aromatic N) is 1. The first-order valence-electron chi connectivity index (χ1n) is 7.04. The molecule has 22 heavy (non-hydrogen) atoms. The van der Waals surface area contributed by atoms with E-state index in [9.17, 15) is 9.90 Å². The Bertz CT molecular complexity index is 651. The number of carbonyl (C=O) groups is 1. The van der Waals surface area contributed by atoms with Gasteiger partial charge in [0.25, 0.3) is 5.91 Å². The summed E-state index contributed by atoms with van der Waals surface area (Å²) < 4.78 is 5.48. The van der Waals surface area contributed by atoms with Gasteiger partial charge in [-0.15, -0.1) is 0 Å². The number of phenolic OH excluding ortho intramolecular Hbond substituents is 1. The number of ether oxygens (including phenoxy) is 1. The predicted molar refractivity (Wildman–Crippen MR) is 85.4 cm³/mol. The molecule has 2 aromatic rings. The van der Waals surface area contributed by atoms with Crippen molar-refractivity contribution in [1.29, 1.82) is 0 Å². The van der Waals surface area contributed by atoms with Gasteiger partial charge in [0.2, 0.25) is 0 Å². The number of amides is 1. The molecule has 0 atom stereocenters. The number of hydrogen-bond donors (Lipinski definition) is 2. The molecule has 114 valence electrons. The average molecular weight is 298 g/mol. The highest BCUT2D eigenvalue weighted by Crippen LogP contribution is 2.12. The number of hydrazone groups is 1. The lowest BCUT2D eigenvalue weighted by Gasteiger charge is -2.04. The minimum Gasteiger partial charge on any atom is -0.508 e. The fourth-order valence-electron chi connectivity index (χ4n) is 1.75. The van der Waals surface area contributed by atoms with E-state index in [1.54, 1.807) is 18.3 Å². The zero-order chi connectivity index (χ0) is 15.8. The van der Waals surface area contributed by atoms with Crippen molar-refractivity contribution >= 4 is 12.1 Å². The molecule has 0 saturated heterocycles. The molecule has 0 bridgehead atoms. The van der Waals surface area contributed by atoms with E-state index in [2.05, 4.69) is 17.5 Å². The molecule has 0 fully saturated rings. The Balaban J connectivity index is 1.90. The molecule has 0 aromatic heterocycles. The number of hydrogen-bond acceptors (Lipinski definition) is 4. The van der Waals surface area contributed by atoms with E-state index in [0.717, 1.165) is 17.7 Å². The van der Waals surface area contributed by atoms with Crippen LogP contribution in [0, 0.1) is 0 Å². The van der Waals surface area contributed by atoms with Gasteiger partial charge in [0.15, 0.2) is 0 Å². The SMILES string of the molecule is CCCOc1ccc(/C=N\NC(=O)c2cccc(O)c2)cc1. The highest BCUT2D eigenvalue weighted by Gasteiger charge is 2.04. The Kier molecular flexibility index (Phi) is 5.54. The summed E-state index contributed by atoms with van der Waals surface area (Å²) in [6.07, 6.45) is 2.51. The van der Waals surface area contributed by atoms with Crippen molar-refractivity contribution in [2.24, 2.45) is 5.10 Å². The number of nitrogens with one attached hydrogen (secondary N) is 1. The Morgan fingerprint density at radius 1 is 1.27 bits per heavy atom. The summed E-state index contributed by atoms with van der Waals surface area (Å²) in [5.74, 6) is 0.470. The van der Waals surface area contributed by atoms with Crippen LogP contribution in [-0.2, 0) is 0 Å². The zero-order valence-electron chi connectivity index (χ0n) is 12.3. The van der Waals surface area contributed by atoms with Crippen LogP contribution < -0.4 is 10.2 Å². The van der Waals surface area contributed by atoms with Gasteiger partial charge in [-0.3, -0.25) is 4.79 Å². The molecule has 1 amide bonds. The van der Waals surface area contributed by atoms with Gasteiger partial charge >= 0.3 is 0 Å². The van der Waals surface area contributed by atoms with Gasteiger partial charge in [0.1, 0.15) is 11.5 Å². The van der Waals surface area contributed by atoms with Crippen molar-refractivity contribution in [3.05, 3.63) is 59.7 Å². The topological polar surface area (TPSA) is 70.9 Å². The maximum absolute atomic E-state index is 11.8. The quantitative estimate of drug-likeness (QED) is 0.636. The van der Waals surface area contributed by atoms with Crippen molar-refractivity contribution in [2.75, 3.05) is 6.61 Å². The minimum atomic E-state index is -0.380. The van der Waals surface area contributed by atoms with Crippen LogP contribution >= 0.6 is 0 Å². The molecule has 0 unspecified atom stereocenters. The van der Waals surface area contributed by atoms with Gasteiger partial charge in [-0.1, -0.05) is 13.0 Å². The van der Waals surface area contributed by atoms with E-state index in [1.165, 1.54) is 12.1 Å². The molecule has 2 aromatic carbocycles. The molecule has 0 spiro atoms. The summed E-state index contributed by atoms with van der Waals surface area (Å²) in [6, 6.07) is 13.5. The zero-order valence-corrected chi connectivity index (χ0v) is 12.3. The number of benzene rings is 2. The van der Waals surface area contributed by atoms with Gasteiger partial charge < -0.3 is 9.84 Å². The normalized spacial score (nSPS) is 10.6. The van der Waals surface area contributed by atoms with Crippen molar-refractivity contribution in [3.63, 3.8) is 0 Å². The lowest BCUT2D eigenvalue weighted by molar-refractivity contribution is 0.0954. The van der Waals surface area contributed by atoms with Crippen molar-refractivity contribution in [2.45, 2.75) is 13.3 Å². The van der Waals surface area contributed by atoms with Crippen LogP contribution in [0.3, 0.4) is 0 Å². The predicted octanol–water partition coefficient (Wildman–Crippen LogP) is 2.94. The Hall–Kier alpha value is -2.82. The second-order valence-electron chi connectivity index (χ2n) is 4.67. The van der Waals surface area contributed by atoms with E-state index >= 15 is 0 Å². The van der Waals surface area contributed by atoms with E-state index in [0.29, 0.717) is 12.2 Å². The van der Waals surface area contributed by atoms with E-state index in [4.69, 9.17) is 4.74 Å². The molecule has 2 rings (SSSR count). The second-order valence-corrected chi connectivity index (χ2v) is 4.67. The monoisotopic (exact) mass is 298 g/mol. The summed E-state index contributed by atoms with van der Waals surface area (Å²) in [4.78, 5) is 11.8. The third-order valence-electron chi connectivity index (χ3n) is 2.84. The first-order valence-corrected chi connectivity index (χ1v) is 7.04. The standard InChI is InChI=1S/C17H18N2O3/c1-2-10-22-16-8-6-13(7-9-16)12-18-19-17(21)14-4-3-5-15(20)11-14/h3-9,11-12,20H,2,10H2,1H3,(H,19,21)/b18-12-. The smallest absolute Gasteiger partial charge is 0.271 e. The largest absolute Gasteiger partial charge is 0.508 e. The summed E-state index contributed by atoms with van der Waals surface area (Å²) in [6.45, 7) is 2.74. The minimum absolute atomic E-state index is 0.0410. The van der Waals surface area contributed by atoms with Crippen LogP contribution in [0.5, 0.6) is 11.5 Å². The van der Waals surface area contributed by atoms with Crippen LogP contribution in [-0.4, -0.2) is 23.8 Å². The van der Waals surface area contributed by atoms with E-state index in [1.807, 2.05) is 24.3 Å². The van der Waals surface area contributed by atoms with Crippen molar-refractivity contribution < 1.29 is 14.6 Å². The van der Waals surface area contributed by atoms with E-state index in [-0.39, 0.29) is 11.7 Å². The molecule has 5 heteroatoms. The Labute approximate surface area is 129 Å². The van der Waals surface area contributed by atoms with Crippen LogP contribution in [0.4, 0.5) is 0 Å². The summed E-state index contributed by atoms with van der Waals surface area (Å²) in [5, 5.41) is 13.2. The van der Waals surface area contributed by atoms with E-state index < -0.39 is 0 Å². The third kappa shape index (κ3) is 4.63. The fraction of sp³-hybridized carbons (Fsp3) is 0.176. The maximum Gasteiger partial charge on any atom is 0.271 e. The van der Waals surface area contributed by atoms with Gasteiger partial charge in [0, 0.05) is 5.56 Å². The Morgan fingerprint density at radius 2 is 2.05 bits per heavy atom. The van der Waals surface area contributed by atoms with Gasteiger partial charge in [0.05, 0.1) is 12.8 Å². The van der Waals surface area contributed by atoms with Gasteiger partial charge in [-0.05, 0) is 54.4 Å². The summed E-state index contributed by atoms with van der Waals surface area (Å²) in [7, 11) is 0. The van der Waals surface area contributed by atoms with Gasteiger partial charge in [-0.25, -0.2) is 5.43 Å². The fourth-order valence-corrected chi connectivity index (χ4v) is 1.75. The number of rotatable bonds is 6. The number of aromatic hydroxyl groups is 1. The molecule has 0 aliphatic carbocycles. The molecular weight excluding hydrogens is 280 g/mol. The molecule has 0 heterocycles. The summed E-state index contributed by atoms with van der Waals surface area (Å²) in [5.41, 5.74) is 3.61. The molecule has 0 radical (unpaired) electrons. The molecule has 0 aliphatic rings. The molecule has 5 nitrogen and oxygen atoms in total. The van der Waals surface area contributed by atoms with Crippen LogP contribution in [0.2, 0.25) is 0 Å². The van der Waals surface area contributed by atoms with Crippen LogP contribution in [0.15, 0.2) is 53.6 Å². The highest BCUT2D eigenvalue weighted by molar-refractivity contribution is 5.95. The Morgan fingerprint density at radius 3 is 2.73 bits per heavy atom.